The van der Waals surface area contributed by atoms with E-state index in [0.29, 0.717) is 0 Å². The van der Waals surface area contributed by atoms with E-state index in [1.54, 1.807) is 18.4 Å². The molecule has 0 aliphatic carbocycles. The maximum absolute atomic E-state index is 5.24. The molecule has 17 heavy (non-hydrogen) atoms. The number of hydrogen-bond donors (Lipinski definition) is 1. The first-order valence-corrected chi connectivity index (χ1v) is 6.97. The fourth-order valence-corrected chi connectivity index (χ4v) is 3.21. The van der Waals surface area contributed by atoms with Crippen LogP contribution in [0.5, 0.6) is 5.75 Å². The zero-order valence-corrected chi connectivity index (χ0v) is 12.1. The fraction of sp³-hybridized carbons (Fsp3) is 0.231. The molecule has 0 amide bonds. The highest BCUT2D eigenvalue weighted by Crippen LogP contribution is 2.31. The molecule has 1 aromatic heterocycles. The van der Waals surface area contributed by atoms with Crippen LogP contribution in [0.3, 0.4) is 0 Å². The van der Waals surface area contributed by atoms with E-state index in [-0.39, 0.29) is 6.04 Å². The van der Waals surface area contributed by atoms with Gasteiger partial charge in [0.05, 0.1) is 17.6 Å². The molecule has 0 saturated carbocycles. The normalized spacial score (nSPS) is 12.4. The predicted octanol–water partition coefficient (Wildman–Crippen LogP) is 3.83. The molecule has 4 heteroatoms. The van der Waals surface area contributed by atoms with Gasteiger partial charge in [0.1, 0.15) is 5.75 Å². The number of rotatable bonds is 4. The van der Waals surface area contributed by atoms with E-state index in [1.165, 1.54) is 10.4 Å². The number of nitrogens with one attached hydrogen (secondary N) is 1. The minimum absolute atomic E-state index is 0.234. The summed E-state index contributed by atoms with van der Waals surface area (Å²) >= 11 is 5.28. The number of halogens is 1. The molecule has 0 radical (unpaired) electrons. The highest BCUT2D eigenvalue weighted by atomic mass is 79.9. The Labute approximate surface area is 114 Å². The van der Waals surface area contributed by atoms with E-state index < -0.39 is 0 Å². The van der Waals surface area contributed by atoms with E-state index in [2.05, 4.69) is 50.9 Å². The van der Waals surface area contributed by atoms with Crippen LogP contribution in [-0.4, -0.2) is 14.2 Å². The summed E-state index contributed by atoms with van der Waals surface area (Å²) in [6.07, 6.45) is 0. The van der Waals surface area contributed by atoms with Gasteiger partial charge in [-0.05, 0) is 52.1 Å². The second-order valence-electron chi connectivity index (χ2n) is 3.63. The van der Waals surface area contributed by atoms with E-state index >= 15 is 0 Å². The van der Waals surface area contributed by atoms with Crippen LogP contribution in [-0.2, 0) is 0 Å². The molecule has 1 heterocycles. The molecule has 0 fully saturated rings. The van der Waals surface area contributed by atoms with Crippen LogP contribution in [0.4, 0.5) is 0 Å². The van der Waals surface area contributed by atoms with E-state index in [4.69, 9.17) is 4.74 Å². The Hall–Kier alpha value is -0.840. The van der Waals surface area contributed by atoms with E-state index in [1.807, 2.05) is 13.1 Å². The zero-order chi connectivity index (χ0) is 12.3. The summed E-state index contributed by atoms with van der Waals surface area (Å²) in [4.78, 5) is 1.31. The summed E-state index contributed by atoms with van der Waals surface area (Å²) in [5.41, 5.74) is 1.22. The van der Waals surface area contributed by atoms with Crippen LogP contribution < -0.4 is 10.1 Å². The predicted molar refractivity (Wildman–Crippen MR) is 75.9 cm³/mol. The summed E-state index contributed by atoms with van der Waals surface area (Å²) in [6.45, 7) is 0. The van der Waals surface area contributed by atoms with Crippen LogP contribution in [0.1, 0.15) is 16.5 Å². The van der Waals surface area contributed by atoms with Gasteiger partial charge in [0.25, 0.3) is 0 Å². The molecule has 90 valence electrons. The second kappa shape index (κ2) is 5.67. The van der Waals surface area contributed by atoms with Crippen LogP contribution in [0.15, 0.2) is 40.2 Å². The van der Waals surface area contributed by atoms with Crippen molar-refractivity contribution in [3.8, 4) is 5.75 Å². The van der Waals surface area contributed by atoms with Gasteiger partial charge in [0.15, 0.2) is 0 Å². The lowest BCUT2D eigenvalue weighted by Gasteiger charge is -2.16. The Kier molecular flexibility index (Phi) is 4.20. The Morgan fingerprint density at radius 3 is 2.71 bits per heavy atom. The van der Waals surface area contributed by atoms with Gasteiger partial charge in [-0.3, -0.25) is 0 Å². The molecule has 1 unspecified atom stereocenters. The smallest absolute Gasteiger partial charge is 0.133 e. The number of benzene rings is 1. The number of hydrogen-bond acceptors (Lipinski definition) is 3. The molecule has 2 aromatic rings. The topological polar surface area (TPSA) is 21.3 Å². The first kappa shape index (κ1) is 12.6. The number of thiophene rings is 1. The van der Waals surface area contributed by atoms with Gasteiger partial charge in [0, 0.05) is 4.88 Å². The Morgan fingerprint density at radius 2 is 2.18 bits per heavy atom. The van der Waals surface area contributed by atoms with Crippen molar-refractivity contribution in [1.29, 1.82) is 0 Å². The zero-order valence-electron chi connectivity index (χ0n) is 9.74. The Bertz CT molecular complexity index is 484. The monoisotopic (exact) mass is 311 g/mol. The summed E-state index contributed by atoms with van der Waals surface area (Å²) in [7, 11) is 3.65. The van der Waals surface area contributed by atoms with Crippen molar-refractivity contribution in [1.82, 2.24) is 5.32 Å². The molecule has 0 saturated heterocycles. The third-order valence-electron chi connectivity index (χ3n) is 2.63. The number of ether oxygens (including phenoxy) is 1. The fourth-order valence-electron chi connectivity index (χ4n) is 1.79. The van der Waals surface area contributed by atoms with Gasteiger partial charge >= 0.3 is 0 Å². The first-order valence-electron chi connectivity index (χ1n) is 5.30. The molecule has 1 N–H and O–H groups in total. The molecular weight excluding hydrogens is 298 g/mol. The van der Waals surface area contributed by atoms with Crippen LogP contribution in [0, 0.1) is 0 Å². The van der Waals surface area contributed by atoms with Crippen LogP contribution >= 0.6 is 27.3 Å². The Balaban J connectivity index is 2.35. The van der Waals surface area contributed by atoms with Crippen molar-refractivity contribution in [2.75, 3.05) is 14.2 Å². The van der Waals surface area contributed by atoms with Gasteiger partial charge in [-0.15, -0.1) is 11.3 Å². The lowest BCUT2D eigenvalue weighted by atomic mass is 10.1. The molecule has 2 rings (SSSR count). The van der Waals surface area contributed by atoms with E-state index in [9.17, 15) is 0 Å². The van der Waals surface area contributed by atoms with E-state index in [0.717, 1.165) is 10.2 Å². The molecule has 0 bridgehead atoms. The van der Waals surface area contributed by atoms with Gasteiger partial charge in [-0.25, -0.2) is 0 Å². The number of methoxy groups -OCH3 is 1. The Morgan fingerprint density at radius 1 is 1.35 bits per heavy atom. The van der Waals surface area contributed by atoms with Gasteiger partial charge in [-0.2, -0.15) is 0 Å². The average Bonchev–Trinajstić information content (AvgIpc) is 2.84. The van der Waals surface area contributed by atoms with Crippen LogP contribution in [0.25, 0.3) is 0 Å². The molecule has 1 aromatic carbocycles. The van der Waals surface area contributed by atoms with Gasteiger partial charge < -0.3 is 10.1 Å². The molecule has 0 spiro atoms. The lowest BCUT2D eigenvalue weighted by molar-refractivity contribution is 0.412. The third kappa shape index (κ3) is 2.70. The van der Waals surface area contributed by atoms with Crippen molar-refractivity contribution >= 4 is 27.3 Å². The lowest BCUT2D eigenvalue weighted by Crippen LogP contribution is -2.16. The summed E-state index contributed by atoms with van der Waals surface area (Å²) in [5, 5.41) is 5.43. The second-order valence-corrected chi connectivity index (χ2v) is 5.46. The molecular formula is C13H14BrNOS. The molecule has 1 atom stereocenters. The van der Waals surface area contributed by atoms with Gasteiger partial charge in [-0.1, -0.05) is 12.1 Å². The summed E-state index contributed by atoms with van der Waals surface area (Å²) in [5.74, 6) is 0.856. The van der Waals surface area contributed by atoms with Crippen molar-refractivity contribution in [3.63, 3.8) is 0 Å². The summed E-state index contributed by atoms with van der Waals surface area (Å²) in [6, 6.07) is 10.6. The minimum Gasteiger partial charge on any atom is -0.496 e. The average molecular weight is 312 g/mol. The molecule has 0 aliphatic heterocycles. The first-order chi connectivity index (χ1) is 8.26. The standard InChI is InChI=1S/C13H14BrNOS/c1-15-13(12-4-3-7-17-12)9-5-6-11(16-2)10(14)8-9/h3-8,13,15H,1-2H3. The van der Waals surface area contributed by atoms with Crippen molar-refractivity contribution < 1.29 is 4.74 Å². The molecule has 2 nitrogen and oxygen atoms in total. The quantitative estimate of drug-likeness (QED) is 0.926. The van der Waals surface area contributed by atoms with Crippen LogP contribution in [0.2, 0.25) is 0 Å². The van der Waals surface area contributed by atoms with Crippen molar-refractivity contribution in [3.05, 3.63) is 50.6 Å². The van der Waals surface area contributed by atoms with Gasteiger partial charge in [0.2, 0.25) is 0 Å². The highest BCUT2D eigenvalue weighted by molar-refractivity contribution is 9.10. The SMILES string of the molecule is CNC(c1ccc(OC)c(Br)c1)c1cccs1. The van der Waals surface area contributed by atoms with Crippen molar-refractivity contribution in [2.45, 2.75) is 6.04 Å². The third-order valence-corrected chi connectivity index (χ3v) is 4.18. The highest BCUT2D eigenvalue weighted by Gasteiger charge is 2.14. The summed E-state index contributed by atoms with van der Waals surface area (Å²) < 4.78 is 6.22. The molecule has 0 aliphatic rings. The minimum atomic E-state index is 0.234. The maximum atomic E-state index is 5.24. The largest absolute Gasteiger partial charge is 0.496 e. The maximum Gasteiger partial charge on any atom is 0.133 e. The van der Waals surface area contributed by atoms with Crippen molar-refractivity contribution in [2.24, 2.45) is 0 Å².